The van der Waals surface area contributed by atoms with Crippen LogP contribution < -0.4 is 10.4 Å². The van der Waals surface area contributed by atoms with Gasteiger partial charge in [-0.2, -0.15) is 0 Å². The number of pyridine rings is 1. The predicted molar refractivity (Wildman–Crippen MR) is 102 cm³/mol. The van der Waals surface area contributed by atoms with E-state index in [0.717, 1.165) is 5.69 Å². The number of aromatic nitrogens is 1. The fourth-order valence-corrected chi connectivity index (χ4v) is 5.22. The quantitative estimate of drug-likeness (QED) is 0.660. The molecular weight excluding hydrogens is 294 g/mol. The van der Waals surface area contributed by atoms with Gasteiger partial charge in [0.1, 0.15) is 8.07 Å². The third kappa shape index (κ3) is 3.13. The third-order valence-electron chi connectivity index (χ3n) is 4.77. The van der Waals surface area contributed by atoms with Crippen molar-refractivity contribution >= 4 is 18.4 Å². The highest BCUT2D eigenvalue weighted by Gasteiger charge is 2.25. The maximum Gasteiger partial charge on any atom is 0.112 e. The highest BCUT2D eigenvalue weighted by Crippen LogP contribution is 2.19. The second kappa shape index (κ2) is 6.13. The van der Waals surface area contributed by atoms with Crippen LogP contribution in [0.15, 0.2) is 66.9 Å². The lowest BCUT2D eigenvalue weighted by atomic mass is 10.1. The standard InChI is InChI=1S/C21H23NSi/c1-16-14-21(22-15-17(16)2)18-10-12-20(13-11-18)23(3,4)19-8-6-5-7-9-19/h5-15H,1-4H3. The normalized spacial score (nSPS) is 11.5. The van der Waals surface area contributed by atoms with E-state index in [4.69, 9.17) is 0 Å². The molecule has 1 heterocycles. The van der Waals surface area contributed by atoms with Gasteiger partial charge in [0.2, 0.25) is 0 Å². The van der Waals surface area contributed by atoms with Gasteiger partial charge in [0.15, 0.2) is 0 Å². The third-order valence-corrected chi connectivity index (χ3v) is 8.32. The van der Waals surface area contributed by atoms with Gasteiger partial charge in [-0.05, 0) is 31.0 Å². The first-order valence-electron chi connectivity index (χ1n) is 8.08. The molecule has 0 aliphatic heterocycles. The summed E-state index contributed by atoms with van der Waals surface area (Å²) < 4.78 is 0. The molecule has 0 bridgehead atoms. The number of rotatable bonds is 3. The summed E-state index contributed by atoms with van der Waals surface area (Å²) >= 11 is 0. The smallest absolute Gasteiger partial charge is 0.112 e. The SMILES string of the molecule is Cc1cnc(-c2ccc([Si](C)(C)c3ccccc3)cc2)cc1C. The van der Waals surface area contributed by atoms with Crippen LogP contribution in [0, 0.1) is 13.8 Å². The summed E-state index contributed by atoms with van der Waals surface area (Å²) in [5, 5.41) is 2.92. The van der Waals surface area contributed by atoms with Crippen LogP contribution in [0.3, 0.4) is 0 Å². The minimum Gasteiger partial charge on any atom is -0.256 e. The molecule has 1 nitrogen and oxygen atoms in total. The van der Waals surface area contributed by atoms with Crippen molar-refractivity contribution in [3.05, 3.63) is 78.0 Å². The largest absolute Gasteiger partial charge is 0.256 e. The van der Waals surface area contributed by atoms with Crippen LogP contribution in [-0.2, 0) is 0 Å². The zero-order valence-electron chi connectivity index (χ0n) is 14.3. The van der Waals surface area contributed by atoms with E-state index in [2.05, 4.69) is 92.6 Å². The zero-order valence-corrected chi connectivity index (χ0v) is 15.3. The lowest BCUT2D eigenvalue weighted by Gasteiger charge is -2.23. The van der Waals surface area contributed by atoms with Crippen molar-refractivity contribution in [1.29, 1.82) is 0 Å². The van der Waals surface area contributed by atoms with Gasteiger partial charge in [-0.3, -0.25) is 4.98 Å². The first kappa shape index (κ1) is 15.7. The van der Waals surface area contributed by atoms with E-state index in [-0.39, 0.29) is 0 Å². The maximum absolute atomic E-state index is 4.57. The zero-order chi connectivity index (χ0) is 16.4. The molecule has 0 N–H and O–H groups in total. The minimum absolute atomic E-state index is 1.05. The van der Waals surface area contributed by atoms with E-state index in [9.17, 15) is 0 Å². The Morgan fingerprint density at radius 3 is 1.96 bits per heavy atom. The average molecular weight is 318 g/mol. The molecule has 0 radical (unpaired) electrons. The van der Waals surface area contributed by atoms with Crippen LogP contribution in [-0.4, -0.2) is 13.1 Å². The molecular formula is C21H23NSi. The fourth-order valence-electron chi connectivity index (χ4n) is 2.86. The second-order valence-electron chi connectivity index (χ2n) is 6.72. The molecule has 0 unspecified atom stereocenters. The summed E-state index contributed by atoms with van der Waals surface area (Å²) in [7, 11) is -1.62. The number of aryl methyl sites for hydroxylation is 2. The van der Waals surface area contributed by atoms with E-state index in [1.54, 1.807) is 0 Å². The molecule has 0 fully saturated rings. The van der Waals surface area contributed by atoms with Gasteiger partial charge in [-0.25, -0.2) is 0 Å². The summed E-state index contributed by atoms with van der Waals surface area (Å²) in [6, 6.07) is 22.0. The van der Waals surface area contributed by atoms with Gasteiger partial charge in [0.25, 0.3) is 0 Å². The Hall–Kier alpha value is -2.19. The highest BCUT2D eigenvalue weighted by molar-refractivity contribution is 7.00. The van der Waals surface area contributed by atoms with Crippen LogP contribution >= 0.6 is 0 Å². The van der Waals surface area contributed by atoms with Crippen molar-refractivity contribution in [3.8, 4) is 11.3 Å². The first-order valence-corrected chi connectivity index (χ1v) is 11.1. The van der Waals surface area contributed by atoms with Gasteiger partial charge in [-0.1, -0.05) is 78.1 Å². The summed E-state index contributed by atoms with van der Waals surface area (Å²) in [4.78, 5) is 4.57. The van der Waals surface area contributed by atoms with Crippen LogP contribution in [0.25, 0.3) is 11.3 Å². The number of nitrogens with zero attached hydrogens (tertiary/aromatic N) is 1. The topological polar surface area (TPSA) is 12.9 Å². The lowest BCUT2D eigenvalue weighted by Crippen LogP contribution is -2.52. The molecule has 0 saturated heterocycles. The molecule has 0 aliphatic rings. The number of hydrogen-bond acceptors (Lipinski definition) is 1. The molecule has 0 amide bonds. The van der Waals surface area contributed by atoms with E-state index < -0.39 is 8.07 Å². The van der Waals surface area contributed by atoms with Gasteiger partial charge < -0.3 is 0 Å². The molecule has 23 heavy (non-hydrogen) atoms. The molecule has 0 spiro atoms. The Labute approximate surface area is 140 Å². The van der Waals surface area contributed by atoms with Crippen molar-refractivity contribution in [2.75, 3.05) is 0 Å². The Balaban J connectivity index is 1.94. The van der Waals surface area contributed by atoms with Crippen molar-refractivity contribution in [3.63, 3.8) is 0 Å². The molecule has 1 aromatic heterocycles. The van der Waals surface area contributed by atoms with E-state index in [1.165, 1.54) is 27.1 Å². The molecule has 2 heteroatoms. The van der Waals surface area contributed by atoms with Crippen LogP contribution in [0.1, 0.15) is 11.1 Å². The monoisotopic (exact) mass is 317 g/mol. The van der Waals surface area contributed by atoms with Crippen molar-refractivity contribution in [1.82, 2.24) is 4.98 Å². The molecule has 0 saturated carbocycles. The lowest BCUT2D eigenvalue weighted by molar-refractivity contribution is 1.22. The molecule has 116 valence electrons. The minimum atomic E-state index is -1.62. The Morgan fingerprint density at radius 1 is 0.739 bits per heavy atom. The van der Waals surface area contributed by atoms with Crippen LogP contribution in [0.4, 0.5) is 0 Å². The number of hydrogen-bond donors (Lipinski definition) is 0. The summed E-state index contributed by atoms with van der Waals surface area (Å²) in [5.41, 5.74) is 4.77. The highest BCUT2D eigenvalue weighted by atomic mass is 28.3. The molecule has 0 aliphatic carbocycles. The second-order valence-corrected chi connectivity index (χ2v) is 11.1. The summed E-state index contributed by atoms with van der Waals surface area (Å²) in [6.45, 7) is 9.06. The predicted octanol–water partition coefficient (Wildman–Crippen LogP) is 4.19. The summed E-state index contributed by atoms with van der Waals surface area (Å²) in [6.07, 6.45) is 1.96. The fraction of sp³-hybridized carbons (Fsp3) is 0.190. The van der Waals surface area contributed by atoms with Crippen LogP contribution in [0.5, 0.6) is 0 Å². The van der Waals surface area contributed by atoms with E-state index >= 15 is 0 Å². The number of benzene rings is 2. The van der Waals surface area contributed by atoms with Gasteiger partial charge in [-0.15, -0.1) is 0 Å². The average Bonchev–Trinajstić information content (AvgIpc) is 2.58. The van der Waals surface area contributed by atoms with Gasteiger partial charge in [0.05, 0.1) is 5.69 Å². The summed E-state index contributed by atoms with van der Waals surface area (Å²) in [5.74, 6) is 0. The molecule has 3 rings (SSSR count). The van der Waals surface area contributed by atoms with Crippen molar-refractivity contribution in [2.24, 2.45) is 0 Å². The van der Waals surface area contributed by atoms with Gasteiger partial charge >= 0.3 is 0 Å². The molecule has 2 aromatic carbocycles. The van der Waals surface area contributed by atoms with E-state index in [0.29, 0.717) is 0 Å². The molecule has 3 aromatic rings. The van der Waals surface area contributed by atoms with Crippen LogP contribution in [0.2, 0.25) is 13.1 Å². The van der Waals surface area contributed by atoms with Crippen molar-refractivity contribution < 1.29 is 0 Å². The Kier molecular flexibility index (Phi) is 4.18. The van der Waals surface area contributed by atoms with Gasteiger partial charge in [0, 0.05) is 11.8 Å². The van der Waals surface area contributed by atoms with Crippen molar-refractivity contribution in [2.45, 2.75) is 26.9 Å². The molecule has 0 atom stereocenters. The Morgan fingerprint density at radius 2 is 1.35 bits per heavy atom. The Bertz CT molecular complexity index is 805. The first-order chi connectivity index (χ1) is 11.0. The van der Waals surface area contributed by atoms with E-state index in [1.807, 2.05) is 6.20 Å². The maximum atomic E-state index is 4.57.